The van der Waals surface area contributed by atoms with Crippen LogP contribution in [0.4, 0.5) is 0 Å². The third-order valence-corrected chi connectivity index (χ3v) is 6.13. The van der Waals surface area contributed by atoms with Crippen molar-refractivity contribution in [1.82, 2.24) is 9.80 Å². The molecule has 2 saturated heterocycles. The minimum absolute atomic E-state index is 0.0148. The van der Waals surface area contributed by atoms with Gasteiger partial charge in [0.05, 0.1) is 25.2 Å². The number of carbonyl (C=O) groups is 1. The van der Waals surface area contributed by atoms with Crippen LogP contribution in [0.1, 0.15) is 22.6 Å². The van der Waals surface area contributed by atoms with Gasteiger partial charge in [-0.3, -0.25) is 9.69 Å². The molecule has 4 rings (SSSR count). The molecule has 2 fully saturated rings. The first-order valence-electron chi connectivity index (χ1n) is 9.02. The number of fused-ring (bicyclic) bond motifs is 1. The van der Waals surface area contributed by atoms with Gasteiger partial charge in [-0.05, 0) is 30.2 Å². The summed E-state index contributed by atoms with van der Waals surface area (Å²) in [5.74, 6) is 0.318. The fourth-order valence-corrected chi connectivity index (χ4v) is 4.59. The fraction of sp³-hybridized carbons (Fsp3) is 0.381. The second-order valence-electron chi connectivity index (χ2n) is 7.35. The number of rotatable bonds is 4. The third kappa shape index (κ3) is 3.20. The van der Waals surface area contributed by atoms with Crippen molar-refractivity contribution in [3.05, 3.63) is 69.7 Å². The maximum atomic E-state index is 12.7. The van der Waals surface area contributed by atoms with Crippen molar-refractivity contribution in [2.24, 2.45) is 0 Å². The van der Waals surface area contributed by atoms with Gasteiger partial charge in [0.2, 0.25) is 5.91 Å². The summed E-state index contributed by atoms with van der Waals surface area (Å²) in [5.41, 5.74) is 3.67. The highest BCUT2D eigenvalue weighted by molar-refractivity contribution is 9.10. The summed E-state index contributed by atoms with van der Waals surface area (Å²) in [6, 6.07) is 16.8. The number of aliphatic hydroxyl groups is 1. The number of carbonyl (C=O) groups excluding carboxylic acids is 1. The lowest BCUT2D eigenvalue weighted by Gasteiger charge is -2.59. The molecule has 136 valence electrons. The van der Waals surface area contributed by atoms with Gasteiger partial charge in [0.25, 0.3) is 0 Å². The molecule has 0 saturated carbocycles. The highest BCUT2D eigenvalue weighted by Gasteiger charge is 2.53. The number of aryl methyl sites for hydroxylation is 1. The predicted octanol–water partition coefficient (Wildman–Crippen LogP) is 2.93. The molecule has 0 radical (unpaired) electrons. The first kappa shape index (κ1) is 17.7. The molecule has 2 aromatic rings. The van der Waals surface area contributed by atoms with Crippen LogP contribution in [-0.2, 0) is 11.3 Å². The topological polar surface area (TPSA) is 43.8 Å². The highest BCUT2D eigenvalue weighted by atomic mass is 79.9. The van der Waals surface area contributed by atoms with Gasteiger partial charge in [-0.1, -0.05) is 57.9 Å². The molecule has 1 amide bonds. The van der Waals surface area contributed by atoms with Gasteiger partial charge in [-0.25, -0.2) is 0 Å². The van der Waals surface area contributed by atoms with Crippen LogP contribution in [0, 0.1) is 6.92 Å². The summed E-state index contributed by atoms with van der Waals surface area (Å²) in [5, 5.41) is 9.84. The van der Waals surface area contributed by atoms with Crippen LogP contribution in [-0.4, -0.2) is 52.6 Å². The van der Waals surface area contributed by atoms with Gasteiger partial charge in [0, 0.05) is 23.5 Å². The van der Waals surface area contributed by atoms with Crippen molar-refractivity contribution in [3.63, 3.8) is 0 Å². The average Bonchev–Trinajstić information content (AvgIpc) is 2.61. The molecule has 2 aliphatic rings. The maximum Gasteiger partial charge on any atom is 0.237 e. The zero-order valence-electron chi connectivity index (χ0n) is 14.8. The lowest BCUT2D eigenvalue weighted by molar-refractivity contribution is -0.162. The second kappa shape index (κ2) is 7.14. The fourth-order valence-electron chi connectivity index (χ4n) is 4.32. The van der Waals surface area contributed by atoms with Gasteiger partial charge in [0.15, 0.2) is 0 Å². The van der Waals surface area contributed by atoms with E-state index >= 15 is 0 Å². The zero-order chi connectivity index (χ0) is 18.3. The quantitative estimate of drug-likeness (QED) is 0.836. The number of amides is 1. The van der Waals surface area contributed by atoms with E-state index in [1.54, 1.807) is 0 Å². The summed E-state index contributed by atoms with van der Waals surface area (Å²) in [4.78, 5) is 16.8. The number of nitrogens with zero attached hydrogens (tertiary/aromatic N) is 2. The van der Waals surface area contributed by atoms with Gasteiger partial charge in [0.1, 0.15) is 0 Å². The first-order chi connectivity index (χ1) is 12.6. The number of hydrogen-bond donors (Lipinski definition) is 1. The largest absolute Gasteiger partial charge is 0.394 e. The van der Waals surface area contributed by atoms with Crippen LogP contribution in [0.2, 0.25) is 0 Å². The predicted molar refractivity (Wildman–Crippen MR) is 105 cm³/mol. The Labute approximate surface area is 162 Å². The molecule has 1 N–H and O–H groups in total. The molecule has 2 aliphatic heterocycles. The summed E-state index contributed by atoms with van der Waals surface area (Å²) < 4.78 is 1.04. The number of hydrogen-bond acceptors (Lipinski definition) is 3. The summed E-state index contributed by atoms with van der Waals surface area (Å²) >= 11 is 3.47. The average molecular weight is 415 g/mol. The number of aliphatic hydroxyl groups excluding tert-OH is 1. The van der Waals surface area contributed by atoms with Gasteiger partial charge in [-0.2, -0.15) is 0 Å². The lowest BCUT2D eigenvalue weighted by atomic mass is 9.74. The molecule has 5 heteroatoms. The highest BCUT2D eigenvalue weighted by Crippen LogP contribution is 2.43. The normalized spacial score (nSPS) is 25.7. The molecule has 0 bridgehead atoms. The van der Waals surface area contributed by atoms with Gasteiger partial charge in [-0.15, -0.1) is 0 Å². The first-order valence-corrected chi connectivity index (χ1v) is 9.81. The van der Waals surface area contributed by atoms with Crippen LogP contribution in [0.15, 0.2) is 53.0 Å². The van der Waals surface area contributed by atoms with E-state index in [-0.39, 0.29) is 30.5 Å². The van der Waals surface area contributed by atoms with Crippen LogP contribution >= 0.6 is 15.9 Å². The molecule has 0 aromatic heterocycles. The van der Waals surface area contributed by atoms with Crippen LogP contribution in [0.5, 0.6) is 0 Å². The zero-order valence-corrected chi connectivity index (χ0v) is 16.4. The van der Waals surface area contributed by atoms with Crippen molar-refractivity contribution in [1.29, 1.82) is 0 Å². The SMILES string of the molecule is Cc1ccc(CN2CC(=O)N3[C@@H](CO)[C@@H](c4ccc(Br)cc4)[C@@H]3C2)cc1. The summed E-state index contributed by atoms with van der Waals surface area (Å²) in [6.45, 7) is 4.15. The van der Waals surface area contributed by atoms with Crippen molar-refractivity contribution in [2.75, 3.05) is 19.7 Å². The molecule has 2 heterocycles. The Hall–Kier alpha value is -1.69. The Morgan fingerprint density at radius 1 is 1.12 bits per heavy atom. The molecule has 2 aromatic carbocycles. The molecular formula is C21H23BrN2O2. The van der Waals surface area contributed by atoms with E-state index in [4.69, 9.17) is 0 Å². The van der Waals surface area contributed by atoms with Gasteiger partial charge < -0.3 is 10.0 Å². The molecule has 3 atom stereocenters. The summed E-state index contributed by atoms with van der Waals surface area (Å²) in [7, 11) is 0. The van der Waals surface area contributed by atoms with Crippen molar-refractivity contribution in [2.45, 2.75) is 31.5 Å². The van der Waals surface area contributed by atoms with Crippen LogP contribution in [0.3, 0.4) is 0 Å². The maximum absolute atomic E-state index is 12.7. The Morgan fingerprint density at radius 3 is 2.46 bits per heavy atom. The van der Waals surface area contributed by atoms with Crippen molar-refractivity contribution >= 4 is 21.8 Å². The standard InChI is InChI=1S/C21H23BrN2O2/c1-14-2-4-15(5-3-14)10-23-11-18-21(16-6-8-17(22)9-7-16)19(13-25)24(18)20(26)12-23/h2-9,18-19,21,25H,10-13H2,1H3/t18-,19-,21-/m0/s1. The van der Waals surface area contributed by atoms with E-state index in [9.17, 15) is 9.90 Å². The van der Waals surface area contributed by atoms with E-state index in [1.165, 1.54) is 16.7 Å². The van der Waals surface area contributed by atoms with Crippen molar-refractivity contribution < 1.29 is 9.90 Å². The van der Waals surface area contributed by atoms with Crippen LogP contribution in [0.25, 0.3) is 0 Å². The molecule has 0 aliphatic carbocycles. The van der Waals surface area contributed by atoms with E-state index in [1.807, 2.05) is 17.0 Å². The Kier molecular flexibility index (Phi) is 4.86. The minimum atomic E-state index is -0.102. The number of benzene rings is 2. The monoisotopic (exact) mass is 414 g/mol. The minimum Gasteiger partial charge on any atom is -0.394 e. The second-order valence-corrected chi connectivity index (χ2v) is 8.27. The molecule has 4 nitrogen and oxygen atoms in total. The number of halogens is 1. The number of piperazine rings is 1. The Morgan fingerprint density at radius 2 is 1.81 bits per heavy atom. The lowest BCUT2D eigenvalue weighted by Crippen LogP contribution is -2.72. The van der Waals surface area contributed by atoms with Crippen LogP contribution < -0.4 is 0 Å². The van der Waals surface area contributed by atoms with Gasteiger partial charge >= 0.3 is 0 Å². The molecule has 0 spiro atoms. The van der Waals surface area contributed by atoms with E-state index in [2.05, 4.69) is 64.2 Å². The summed E-state index contributed by atoms with van der Waals surface area (Å²) in [6.07, 6.45) is 0. The molecule has 26 heavy (non-hydrogen) atoms. The Bertz CT molecular complexity index is 791. The third-order valence-electron chi connectivity index (χ3n) is 5.60. The van der Waals surface area contributed by atoms with E-state index in [0.29, 0.717) is 6.54 Å². The van der Waals surface area contributed by atoms with E-state index in [0.717, 1.165) is 17.6 Å². The van der Waals surface area contributed by atoms with E-state index < -0.39 is 0 Å². The smallest absolute Gasteiger partial charge is 0.237 e. The molecule has 0 unspecified atom stereocenters. The molecular weight excluding hydrogens is 392 g/mol. The Balaban J connectivity index is 1.53. The van der Waals surface area contributed by atoms with Crippen molar-refractivity contribution in [3.8, 4) is 0 Å².